The Morgan fingerprint density at radius 3 is 2.42 bits per heavy atom. The molecule has 0 aliphatic carbocycles. The van der Waals surface area contributed by atoms with E-state index in [4.69, 9.17) is 4.42 Å². The van der Waals surface area contributed by atoms with Crippen molar-refractivity contribution in [1.82, 2.24) is 0 Å². The van der Waals surface area contributed by atoms with Crippen molar-refractivity contribution in [2.24, 2.45) is 5.92 Å². The van der Waals surface area contributed by atoms with Gasteiger partial charge in [0.1, 0.15) is 11.2 Å². The summed E-state index contributed by atoms with van der Waals surface area (Å²) in [4.78, 5) is 0. The number of para-hydroxylation sites is 1. The monoisotopic (exact) mass is 316 g/mol. The van der Waals surface area contributed by atoms with Gasteiger partial charge in [-0.05, 0) is 49.1 Å². The summed E-state index contributed by atoms with van der Waals surface area (Å²) in [7, 11) is 0. The van der Waals surface area contributed by atoms with E-state index < -0.39 is 0 Å². The number of furan rings is 1. The van der Waals surface area contributed by atoms with Crippen LogP contribution in [-0.2, 0) is 0 Å². The second kappa shape index (κ2) is 6.52. The Morgan fingerprint density at radius 2 is 1.67 bits per heavy atom. The smallest absolute Gasteiger partial charge is 0.135 e. The first kappa shape index (κ1) is 16.3. The fraction of sp³-hybridized carbons (Fsp3) is 0.217. The molecule has 0 spiro atoms. The number of hydrogen-bond donors (Lipinski definition) is 0. The van der Waals surface area contributed by atoms with Crippen LogP contribution in [0, 0.1) is 5.92 Å². The highest BCUT2D eigenvalue weighted by Gasteiger charge is 2.07. The Bertz CT molecular complexity index is 964. The number of benzene rings is 2. The Balaban J connectivity index is 1.96. The molecule has 122 valence electrons. The highest BCUT2D eigenvalue weighted by Crippen LogP contribution is 2.31. The third-order valence-electron chi connectivity index (χ3n) is 4.77. The SMILES string of the molecule is C=C(C=CC(C)=C(C)C(C)C)c1ccc2oc3ccccc3c2c1. The number of fused-ring (bicyclic) bond motifs is 3. The summed E-state index contributed by atoms with van der Waals surface area (Å²) in [5, 5.41) is 2.29. The molecule has 0 N–H and O–H groups in total. The third-order valence-corrected chi connectivity index (χ3v) is 4.77. The summed E-state index contributed by atoms with van der Waals surface area (Å²) >= 11 is 0. The zero-order valence-electron chi connectivity index (χ0n) is 14.9. The Hall–Kier alpha value is -2.54. The fourth-order valence-corrected chi connectivity index (χ4v) is 2.83. The third kappa shape index (κ3) is 3.07. The summed E-state index contributed by atoms with van der Waals surface area (Å²) in [5.41, 5.74) is 6.70. The largest absolute Gasteiger partial charge is 0.456 e. The molecule has 0 radical (unpaired) electrons. The molecule has 1 aromatic heterocycles. The van der Waals surface area contributed by atoms with Gasteiger partial charge in [0, 0.05) is 10.8 Å². The van der Waals surface area contributed by atoms with Crippen LogP contribution in [0.15, 0.2) is 76.8 Å². The number of allylic oxidation sites excluding steroid dienone is 5. The van der Waals surface area contributed by atoms with Crippen LogP contribution in [0.1, 0.15) is 33.3 Å². The summed E-state index contributed by atoms with van der Waals surface area (Å²) in [5.74, 6) is 0.566. The van der Waals surface area contributed by atoms with Gasteiger partial charge in [0.25, 0.3) is 0 Å². The van der Waals surface area contributed by atoms with Gasteiger partial charge in [0.15, 0.2) is 0 Å². The van der Waals surface area contributed by atoms with E-state index in [1.165, 1.54) is 11.1 Å². The molecule has 3 aromatic rings. The van der Waals surface area contributed by atoms with Gasteiger partial charge in [-0.3, -0.25) is 0 Å². The second-order valence-electron chi connectivity index (χ2n) is 6.69. The van der Waals surface area contributed by atoms with Crippen LogP contribution in [0.3, 0.4) is 0 Å². The molecule has 1 nitrogen and oxygen atoms in total. The average molecular weight is 316 g/mol. The molecular formula is C23H24O. The van der Waals surface area contributed by atoms with Crippen molar-refractivity contribution in [3.8, 4) is 0 Å². The molecule has 0 saturated carbocycles. The number of rotatable bonds is 4. The standard InChI is InChI=1S/C23H24O/c1-15(2)18(5)16(3)10-11-17(4)19-12-13-23-21(14-19)20-8-6-7-9-22(20)24-23/h6-15H,4H2,1-3,5H3. The van der Waals surface area contributed by atoms with Gasteiger partial charge in [0.2, 0.25) is 0 Å². The summed E-state index contributed by atoms with van der Waals surface area (Å²) in [6, 6.07) is 14.4. The van der Waals surface area contributed by atoms with E-state index in [1.807, 2.05) is 24.3 Å². The Morgan fingerprint density at radius 1 is 0.958 bits per heavy atom. The Labute approximate surface area is 144 Å². The molecule has 1 heteroatoms. The maximum Gasteiger partial charge on any atom is 0.135 e. The van der Waals surface area contributed by atoms with Crippen LogP contribution < -0.4 is 0 Å². The van der Waals surface area contributed by atoms with Gasteiger partial charge in [-0.2, -0.15) is 0 Å². The van der Waals surface area contributed by atoms with Crippen molar-refractivity contribution >= 4 is 27.5 Å². The van der Waals surface area contributed by atoms with Crippen molar-refractivity contribution in [2.45, 2.75) is 27.7 Å². The van der Waals surface area contributed by atoms with E-state index in [0.29, 0.717) is 5.92 Å². The predicted octanol–water partition coefficient (Wildman–Crippen LogP) is 7.15. The van der Waals surface area contributed by atoms with E-state index in [9.17, 15) is 0 Å². The van der Waals surface area contributed by atoms with Gasteiger partial charge in [-0.1, -0.05) is 68.0 Å². The quantitative estimate of drug-likeness (QED) is 0.466. The topological polar surface area (TPSA) is 13.1 Å². The minimum atomic E-state index is 0.566. The van der Waals surface area contributed by atoms with Crippen molar-refractivity contribution in [3.63, 3.8) is 0 Å². The molecule has 0 unspecified atom stereocenters. The highest BCUT2D eigenvalue weighted by atomic mass is 16.3. The molecule has 0 aliphatic heterocycles. The zero-order chi connectivity index (χ0) is 17.3. The minimum Gasteiger partial charge on any atom is -0.456 e. The summed E-state index contributed by atoms with van der Waals surface area (Å²) < 4.78 is 5.89. The van der Waals surface area contributed by atoms with Crippen LogP contribution in [0.25, 0.3) is 27.5 Å². The predicted molar refractivity (Wildman–Crippen MR) is 105 cm³/mol. The highest BCUT2D eigenvalue weighted by molar-refractivity contribution is 6.05. The minimum absolute atomic E-state index is 0.566. The maximum absolute atomic E-state index is 5.89. The van der Waals surface area contributed by atoms with Crippen LogP contribution in [0.5, 0.6) is 0 Å². The summed E-state index contributed by atoms with van der Waals surface area (Å²) in [6.45, 7) is 13.0. The van der Waals surface area contributed by atoms with Crippen molar-refractivity contribution in [2.75, 3.05) is 0 Å². The molecule has 2 aromatic carbocycles. The van der Waals surface area contributed by atoms with E-state index in [-0.39, 0.29) is 0 Å². The molecule has 0 fully saturated rings. The molecular weight excluding hydrogens is 292 g/mol. The van der Waals surface area contributed by atoms with Crippen LogP contribution in [0.4, 0.5) is 0 Å². The molecule has 0 saturated heterocycles. The molecule has 3 rings (SSSR count). The van der Waals surface area contributed by atoms with Crippen LogP contribution in [0.2, 0.25) is 0 Å². The van der Waals surface area contributed by atoms with Gasteiger partial charge in [-0.25, -0.2) is 0 Å². The van der Waals surface area contributed by atoms with Crippen molar-refractivity contribution in [1.29, 1.82) is 0 Å². The lowest BCUT2D eigenvalue weighted by atomic mass is 9.98. The maximum atomic E-state index is 5.89. The van der Waals surface area contributed by atoms with Crippen molar-refractivity contribution < 1.29 is 4.42 Å². The average Bonchev–Trinajstić information content (AvgIpc) is 2.96. The molecule has 0 bridgehead atoms. The molecule has 1 heterocycles. The zero-order valence-corrected chi connectivity index (χ0v) is 14.9. The molecule has 0 amide bonds. The molecule has 0 atom stereocenters. The lowest BCUT2D eigenvalue weighted by Crippen LogP contribution is -1.91. The fourth-order valence-electron chi connectivity index (χ4n) is 2.83. The first-order chi connectivity index (χ1) is 11.5. The normalized spacial score (nSPS) is 13.2. The van der Waals surface area contributed by atoms with Gasteiger partial charge >= 0.3 is 0 Å². The summed E-state index contributed by atoms with van der Waals surface area (Å²) in [6.07, 6.45) is 4.26. The first-order valence-electron chi connectivity index (χ1n) is 8.43. The first-order valence-corrected chi connectivity index (χ1v) is 8.43. The lowest BCUT2D eigenvalue weighted by Gasteiger charge is -2.08. The number of hydrogen-bond acceptors (Lipinski definition) is 1. The molecule has 24 heavy (non-hydrogen) atoms. The Kier molecular flexibility index (Phi) is 4.44. The van der Waals surface area contributed by atoms with E-state index >= 15 is 0 Å². The molecule has 0 aliphatic rings. The van der Waals surface area contributed by atoms with Gasteiger partial charge in [-0.15, -0.1) is 0 Å². The second-order valence-corrected chi connectivity index (χ2v) is 6.69. The van der Waals surface area contributed by atoms with Gasteiger partial charge < -0.3 is 4.42 Å². The lowest BCUT2D eigenvalue weighted by molar-refractivity contribution is 0.669. The van der Waals surface area contributed by atoms with Crippen molar-refractivity contribution in [3.05, 3.63) is 77.9 Å². The van der Waals surface area contributed by atoms with Crippen LogP contribution >= 0.6 is 0 Å². The van der Waals surface area contributed by atoms with E-state index in [1.54, 1.807) is 0 Å². The van der Waals surface area contributed by atoms with Gasteiger partial charge in [0.05, 0.1) is 0 Å². The van der Waals surface area contributed by atoms with E-state index in [2.05, 4.69) is 64.6 Å². The van der Waals surface area contributed by atoms with Crippen LogP contribution in [-0.4, -0.2) is 0 Å². The van der Waals surface area contributed by atoms with E-state index in [0.717, 1.165) is 33.1 Å².